The molecule has 1 aliphatic carbocycles. The Labute approximate surface area is 108 Å². The maximum atomic E-state index is 11.3. The SMILES string of the molecule is NC(CC1(CNC2CCS(=O)(=O)CC2)CC1)=NO. The molecule has 0 spiro atoms. The summed E-state index contributed by atoms with van der Waals surface area (Å²) < 4.78 is 22.6. The van der Waals surface area contributed by atoms with Gasteiger partial charge in [-0.3, -0.25) is 0 Å². The van der Waals surface area contributed by atoms with Gasteiger partial charge in [-0.1, -0.05) is 5.16 Å². The van der Waals surface area contributed by atoms with E-state index < -0.39 is 9.84 Å². The predicted molar refractivity (Wildman–Crippen MR) is 69.4 cm³/mol. The zero-order chi connectivity index (χ0) is 13.2. The smallest absolute Gasteiger partial charge is 0.150 e. The van der Waals surface area contributed by atoms with Crippen LogP contribution < -0.4 is 11.1 Å². The fourth-order valence-electron chi connectivity index (χ4n) is 2.47. The summed E-state index contributed by atoms with van der Waals surface area (Å²) in [5.41, 5.74) is 5.67. The number of hydrogen-bond acceptors (Lipinski definition) is 5. The summed E-state index contributed by atoms with van der Waals surface area (Å²) in [6.07, 6.45) is 4.17. The van der Waals surface area contributed by atoms with Gasteiger partial charge in [-0.15, -0.1) is 0 Å². The summed E-state index contributed by atoms with van der Waals surface area (Å²) in [7, 11) is -2.79. The van der Waals surface area contributed by atoms with Gasteiger partial charge in [-0.2, -0.15) is 0 Å². The molecule has 1 saturated heterocycles. The monoisotopic (exact) mass is 275 g/mol. The number of nitrogens with two attached hydrogens (primary N) is 1. The minimum absolute atomic E-state index is 0.132. The average Bonchev–Trinajstić information content (AvgIpc) is 3.08. The zero-order valence-electron chi connectivity index (χ0n) is 10.4. The first-order valence-corrected chi connectivity index (χ1v) is 8.17. The molecule has 4 N–H and O–H groups in total. The quantitative estimate of drug-likeness (QED) is 0.285. The maximum absolute atomic E-state index is 11.3. The molecular weight excluding hydrogens is 254 g/mol. The van der Waals surface area contributed by atoms with E-state index in [4.69, 9.17) is 10.9 Å². The van der Waals surface area contributed by atoms with Crippen LogP contribution in [-0.4, -0.2) is 43.6 Å². The lowest BCUT2D eigenvalue weighted by molar-refractivity contribution is 0.313. The molecule has 0 aromatic rings. The highest BCUT2D eigenvalue weighted by Gasteiger charge is 2.43. The highest BCUT2D eigenvalue weighted by atomic mass is 32.2. The van der Waals surface area contributed by atoms with Crippen molar-refractivity contribution in [1.82, 2.24) is 5.32 Å². The minimum atomic E-state index is -2.79. The van der Waals surface area contributed by atoms with Crippen molar-refractivity contribution in [3.63, 3.8) is 0 Å². The van der Waals surface area contributed by atoms with Crippen LogP contribution in [0.25, 0.3) is 0 Å². The number of amidine groups is 1. The van der Waals surface area contributed by atoms with Crippen LogP contribution in [0.4, 0.5) is 0 Å². The zero-order valence-corrected chi connectivity index (χ0v) is 11.2. The van der Waals surface area contributed by atoms with E-state index >= 15 is 0 Å². The number of sulfone groups is 1. The van der Waals surface area contributed by atoms with Crippen molar-refractivity contribution >= 4 is 15.7 Å². The second-order valence-corrected chi connectivity index (χ2v) is 7.88. The maximum Gasteiger partial charge on any atom is 0.150 e. The van der Waals surface area contributed by atoms with Crippen molar-refractivity contribution in [2.75, 3.05) is 18.1 Å². The number of nitrogens with one attached hydrogen (secondary N) is 1. The molecule has 0 aromatic heterocycles. The molecule has 6 nitrogen and oxygen atoms in total. The van der Waals surface area contributed by atoms with E-state index in [1.165, 1.54) is 0 Å². The summed E-state index contributed by atoms with van der Waals surface area (Å²) >= 11 is 0. The molecule has 1 heterocycles. The Morgan fingerprint density at radius 1 is 1.39 bits per heavy atom. The average molecular weight is 275 g/mol. The van der Waals surface area contributed by atoms with Crippen molar-refractivity contribution in [1.29, 1.82) is 0 Å². The van der Waals surface area contributed by atoms with E-state index in [2.05, 4.69) is 10.5 Å². The Morgan fingerprint density at radius 3 is 2.50 bits per heavy atom. The van der Waals surface area contributed by atoms with Crippen LogP contribution in [-0.2, 0) is 9.84 Å². The van der Waals surface area contributed by atoms with Crippen molar-refractivity contribution < 1.29 is 13.6 Å². The first-order chi connectivity index (χ1) is 8.45. The van der Waals surface area contributed by atoms with Gasteiger partial charge in [0, 0.05) is 19.0 Å². The van der Waals surface area contributed by atoms with Gasteiger partial charge in [0.15, 0.2) is 0 Å². The summed E-state index contributed by atoms with van der Waals surface area (Å²) in [5.74, 6) is 0.857. The van der Waals surface area contributed by atoms with E-state index in [0.717, 1.165) is 19.4 Å². The molecule has 2 aliphatic rings. The van der Waals surface area contributed by atoms with Gasteiger partial charge in [0.25, 0.3) is 0 Å². The number of rotatable bonds is 5. The van der Waals surface area contributed by atoms with E-state index in [1.807, 2.05) is 0 Å². The second-order valence-electron chi connectivity index (χ2n) is 5.58. The topological polar surface area (TPSA) is 105 Å². The molecule has 0 atom stereocenters. The van der Waals surface area contributed by atoms with Gasteiger partial charge < -0.3 is 16.3 Å². The summed E-state index contributed by atoms with van der Waals surface area (Å²) in [4.78, 5) is 0. The summed E-state index contributed by atoms with van der Waals surface area (Å²) in [6.45, 7) is 0.827. The van der Waals surface area contributed by atoms with Crippen molar-refractivity contribution in [2.45, 2.75) is 38.1 Å². The van der Waals surface area contributed by atoms with Crippen LogP contribution in [0.2, 0.25) is 0 Å². The standard InChI is InChI=1S/C11H21N3O3S/c12-10(14-15)7-11(3-4-11)8-13-9-1-5-18(16,17)6-2-9/h9,13,15H,1-8H2,(H2,12,14). The third kappa shape index (κ3) is 3.58. The lowest BCUT2D eigenvalue weighted by Gasteiger charge is -2.25. The molecule has 1 saturated carbocycles. The van der Waals surface area contributed by atoms with Crippen LogP contribution in [0.15, 0.2) is 5.16 Å². The molecule has 0 aromatic carbocycles. The Bertz CT molecular complexity index is 415. The summed E-state index contributed by atoms with van der Waals surface area (Å²) in [6, 6.07) is 0.290. The van der Waals surface area contributed by atoms with Gasteiger partial charge in [0.1, 0.15) is 15.7 Å². The van der Waals surface area contributed by atoms with Crippen LogP contribution in [0.3, 0.4) is 0 Å². The Balaban J connectivity index is 1.76. The molecule has 0 amide bonds. The molecule has 1 aliphatic heterocycles. The summed E-state index contributed by atoms with van der Waals surface area (Å²) in [5, 5.41) is 15.0. The van der Waals surface area contributed by atoms with E-state index in [0.29, 0.717) is 25.3 Å². The first-order valence-electron chi connectivity index (χ1n) is 6.35. The molecule has 0 radical (unpaired) electrons. The Morgan fingerprint density at radius 2 is 2.00 bits per heavy atom. The van der Waals surface area contributed by atoms with Crippen LogP contribution >= 0.6 is 0 Å². The Hall–Kier alpha value is -0.820. The van der Waals surface area contributed by atoms with Crippen molar-refractivity contribution in [3.8, 4) is 0 Å². The third-order valence-corrected chi connectivity index (χ3v) is 5.68. The highest BCUT2D eigenvalue weighted by Crippen LogP contribution is 2.48. The second kappa shape index (κ2) is 5.05. The van der Waals surface area contributed by atoms with Gasteiger partial charge in [0.2, 0.25) is 0 Å². The van der Waals surface area contributed by atoms with E-state index in [9.17, 15) is 8.42 Å². The van der Waals surface area contributed by atoms with E-state index in [1.54, 1.807) is 0 Å². The molecule has 104 valence electrons. The molecule has 2 rings (SSSR count). The number of oxime groups is 1. The fourth-order valence-corrected chi connectivity index (χ4v) is 3.96. The van der Waals surface area contributed by atoms with Gasteiger partial charge in [-0.05, 0) is 31.1 Å². The molecule has 18 heavy (non-hydrogen) atoms. The molecule has 7 heteroatoms. The molecule has 2 fully saturated rings. The first kappa shape index (κ1) is 13.6. The minimum Gasteiger partial charge on any atom is -0.409 e. The predicted octanol–water partition coefficient (Wildman–Crippen LogP) is 0.0699. The van der Waals surface area contributed by atoms with Crippen LogP contribution in [0.5, 0.6) is 0 Å². The highest BCUT2D eigenvalue weighted by molar-refractivity contribution is 7.91. The van der Waals surface area contributed by atoms with Crippen LogP contribution in [0.1, 0.15) is 32.1 Å². The largest absolute Gasteiger partial charge is 0.409 e. The Kier molecular flexibility index (Phi) is 3.82. The van der Waals surface area contributed by atoms with Gasteiger partial charge in [0.05, 0.1) is 11.5 Å². The van der Waals surface area contributed by atoms with Crippen LogP contribution in [0, 0.1) is 5.41 Å². The number of nitrogens with zero attached hydrogens (tertiary/aromatic N) is 1. The normalized spacial score (nSPS) is 27.0. The lowest BCUT2D eigenvalue weighted by atomic mass is 10.0. The molecule has 0 bridgehead atoms. The molecule has 0 unspecified atom stereocenters. The van der Waals surface area contributed by atoms with E-state index in [-0.39, 0.29) is 22.8 Å². The van der Waals surface area contributed by atoms with Crippen molar-refractivity contribution in [2.24, 2.45) is 16.3 Å². The van der Waals surface area contributed by atoms with Gasteiger partial charge >= 0.3 is 0 Å². The third-order valence-electron chi connectivity index (χ3n) is 3.96. The van der Waals surface area contributed by atoms with Crippen molar-refractivity contribution in [3.05, 3.63) is 0 Å². The fraction of sp³-hybridized carbons (Fsp3) is 0.909. The molecular formula is C11H21N3O3S. The number of hydrogen-bond donors (Lipinski definition) is 3. The van der Waals surface area contributed by atoms with Gasteiger partial charge in [-0.25, -0.2) is 8.42 Å². The lowest BCUT2D eigenvalue weighted by Crippen LogP contribution is -2.40.